The predicted molar refractivity (Wildman–Crippen MR) is 163 cm³/mol. The molecule has 6 nitrogen and oxygen atoms in total. The van der Waals surface area contributed by atoms with E-state index in [-0.39, 0.29) is 24.1 Å². The van der Waals surface area contributed by atoms with Gasteiger partial charge in [0.2, 0.25) is 5.91 Å². The van der Waals surface area contributed by atoms with E-state index in [1.54, 1.807) is 5.57 Å². The third-order valence-corrected chi connectivity index (χ3v) is 13.4. The predicted octanol–water partition coefficient (Wildman–Crippen LogP) is 6.34. The molecule has 1 aliphatic heterocycles. The molecule has 0 aromatic rings. The van der Waals surface area contributed by atoms with Gasteiger partial charge in [0.05, 0.1) is 6.10 Å². The highest BCUT2D eigenvalue weighted by atomic mass is 16.3. The van der Waals surface area contributed by atoms with E-state index in [0.29, 0.717) is 54.6 Å². The van der Waals surface area contributed by atoms with Crippen LogP contribution in [0.4, 0.5) is 4.79 Å². The van der Waals surface area contributed by atoms with Crippen molar-refractivity contribution in [2.45, 2.75) is 117 Å². The number of hydrogen-bond acceptors (Lipinski definition) is 3. The summed E-state index contributed by atoms with van der Waals surface area (Å²) in [5, 5.41) is 10.3. The summed E-state index contributed by atoms with van der Waals surface area (Å²) in [5.74, 6) is 4.62. The van der Waals surface area contributed by atoms with Crippen molar-refractivity contribution in [1.82, 2.24) is 14.7 Å². The minimum atomic E-state index is -0.132. The monoisotopic (exact) mass is 567 g/mol. The number of carbonyl (C=O) groups excluding carboxylic acids is 2. The molecule has 5 aliphatic carbocycles. The van der Waals surface area contributed by atoms with E-state index in [2.05, 4.69) is 38.7 Å². The molecule has 1 heterocycles. The number of nitrogens with zero attached hydrogens (tertiary/aromatic N) is 3. The van der Waals surface area contributed by atoms with Crippen LogP contribution < -0.4 is 0 Å². The number of amides is 3. The fourth-order valence-electron chi connectivity index (χ4n) is 10.8. The topological polar surface area (TPSA) is 64.1 Å². The Morgan fingerprint density at radius 2 is 1.85 bits per heavy atom. The lowest BCUT2D eigenvalue weighted by atomic mass is 9.47. The molecule has 9 atom stereocenters. The van der Waals surface area contributed by atoms with Crippen molar-refractivity contribution in [3.63, 3.8) is 0 Å². The van der Waals surface area contributed by atoms with Crippen LogP contribution in [0.15, 0.2) is 11.6 Å². The summed E-state index contributed by atoms with van der Waals surface area (Å²) in [6.45, 7) is 12.5. The first kappa shape index (κ1) is 29.5. The van der Waals surface area contributed by atoms with Crippen LogP contribution in [0.25, 0.3) is 0 Å². The first-order valence-corrected chi connectivity index (χ1v) is 17.2. The molecule has 0 aromatic carbocycles. The van der Waals surface area contributed by atoms with E-state index in [4.69, 9.17) is 0 Å². The lowest BCUT2D eigenvalue weighted by Crippen LogP contribution is -2.57. The normalized spacial score (nSPS) is 41.2. The van der Waals surface area contributed by atoms with Crippen molar-refractivity contribution in [2.24, 2.45) is 46.3 Å². The van der Waals surface area contributed by atoms with Gasteiger partial charge in [0, 0.05) is 45.7 Å². The van der Waals surface area contributed by atoms with Gasteiger partial charge in [0.25, 0.3) is 0 Å². The molecule has 6 aliphatic rings. The lowest BCUT2D eigenvalue weighted by Gasteiger charge is -2.58. The molecule has 1 N–H and O–H groups in total. The molecule has 0 spiro atoms. The highest BCUT2D eigenvalue weighted by Gasteiger charge is 2.59. The minimum Gasteiger partial charge on any atom is -0.393 e. The number of carbonyl (C=O) groups is 2. The number of fused-ring (bicyclic) bond motifs is 5. The van der Waals surface area contributed by atoms with Gasteiger partial charge >= 0.3 is 6.03 Å². The zero-order valence-electron chi connectivity index (χ0n) is 26.6. The minimum absolute atomic E-state index is 0.0833. The second-order valence-electron chi connectivity index (χ2n) is 15.9. The van der Waals surface area contributed by atoms with Gasteiger partial charge in [-0.05, 0) is 124 Å². The zero-order valence-corrected chi connectivity index (χ0v) is 26.6. The molecule has 6 rings (SSSR count). The quantitative estimate of drug-likeness (QED) is 0.381. The SMILES string of the molecule is CC1CN(C(=O)N(C)CC2CC2)CCN1C(=O)CC[C@@H](C)[C@H]1CC[C@H]2[C@@H]3CC=C4C[C@@H](O)CC[C@]4(C)[C@H]3CC[C@]12C. The summed E-state index contributed by atoms with van der Waals surface area (Å²) in [6, 6.07) is 0.211. The Morgan fingerprint density at radius 1 is 1.07 bits per heavy atom. The molecule has 0 aromatic heterocycles. The van der Waals surface area contributed by atoms with Crippen LogP contribution in [-0.4, -0.2) is 77.1 Å². The van der Waals surface area contributed by atoms with Crippen LogP contribution in [0.5, 0.6) is 0 Å². The second-order valence-corrected chi connectivity index (χ2v) is 15.9. The molecule has 5 fully saturated rings. The Balaban J connectivity index is 1.02. The first-order chi connectivity index (χ1) is 19.5. The van der Waals surface area contributed by atoms with Crippen molar-refractivity contribution in [2.75, 3.05) is 33.2 Å². The van der Waals surface area contributed by atoms with E-state index in [9.17, 15) is 14.7 Å². The van der Waals surface area contributed by atoms with E-state index in [1.165, 1.54) is 44.9 Å². The maximum atomic E-state index is 13.4. The molecule has 1 saturated heterocycles. The second kappa shape index (κ2) is 11.2. The van der Waals surface area contributed by atoms with Crippen LogP contribution in [-0.2, 0) is 4.79 Å². The Kier molecular flexibility index (Phi) is 8.04. The smallest absolute Gasteiger partial charge is 0.319 e. The summed E-state index contributed by atoms with van der Waals surface area (Å²) in [6.07, 6.45) is 16.1. The van der Waals surface area contributed by atoms with Crippen LogP contribution in [0.2, 0.25) is 0 Å². The summed E-state index contributed by atoms with van der Waals surface area (Å²) in [7, 11) is 1.93. The zero-order chi connectivity index (χ0) is 29.1. The number of aliphatic hydroxyl groups excluding tert-OH is 1. The maximum absolute atomic E-state index is 13.4. The number of rotatable bonds is 6. The summed E-state index contributed by atoms with van der Waals surface area (Å²) in [4.78, 5) is 32.2. The number of piperazine rings is 1. The molecule has 0 radical (unpaired) electrons. The van der Waals surface area contributed by atoms with Crippen molar-refractivity contribution < 1.29 is 14.7 Å². The summed E-state index contributed by atoms with van der Waals surface area (Å²) in [5.41, 5.74) is 2.26. The Labute approximate surface area is 249 Å². The van der Waals surface area contributed by atoms with Crippen LogP contribution in [0.1, 0.15) is 105 Å². The molecular weight excluding hydrogens is 510 g/mol. The molecule has 0 bridgehead atoms. The molecular formula is C35H57N3O3. The molecule has 230 valence electrons. The highest BCUT2D eigenvalue weighted by Crippen LogP contribution is 2.67. The van der Waals surface area contributed by atoms with Gasteiger partial charge in [-0.1, -0.05) is 32.4 Å². The Bertz CT molecular complexity index is 1040. The number of aliphatic hydroxyl groups is 1. The van der Waals surface area contributed by atoms with Gasteiger partial charge in [-0.3, -0.25) is 4.79 Å². The maximum Gasteiger partial charge on any atom is 0.319 e. The standard InChI is InChI=1S/C35H57N3O3/c1-23(6-13-32(40)38-19-18-37(21-24(38)2)33(41)36(5)22-25-7-8-25)29-11-12-30-28-10-9-26-20-27(39)14-16-34(26,3)31(28)15-17-35(29,30)4/h9,23-25,27-31,39H,6-8,10-22H2,1-5H3/t23-,24?,27+,28+,29-,30+,31+,34+,35-/m1/s1. The van der Waals surface area contributed by atoms with E-state index < -0.39 is 0 Å². The molecule has 1 unspecified atom stereocenters. The largest absolute Gasteiger partial charge is 0.393 e. The number of urea groups is 1. The van der Waals surface area contributed by atoms with Crippen molar-refractivity contribution in [3.05, 3.63) is 11.6 Å². The van der Waals surface area contributed by atoms with E-state index in [1.807, 2.05) is 16.8 Å². The summed E-state index contributed by atoms with van der Waals surface area (Å²) < 4.78 is 0. The van der Waals surface area contributed by atoms with Gasteiger partial charge < -0.3 is 19.8 Å². The van der Waals surface area contributed by atoms with E-state index in [0.717, 1.165) is 50.0 Å². The third-order valence-electron chi connectivity index (χ3n) is 13.4. The Morgan fingerprint density at radius 3 is 2.59 bits per heavy atom. The number of allylic oxidation sites excluding steroid dienone is 1. The molecule has 41 heavy (non-hydrogen) atoms. The van der Waals surface area contributed by atoms with Crippen molar-refractivity contribution in [3.8, 4) is 0 Å². The van der Waals surface area contributed by atoms with Gasteiger partial charge in [-0.2, -0.15) is 0 Å². The molecule has 3 amide bonds. The molecule has 6 heteroatoms. The van der Waals surface area contributed by atoms with E-state index >= 15 is 0 Å². The fourth-order valence-corrected chi connectivity index (χ4v) is 10.8. The van der Waals surface area contributed by atoms with Gasteiger partial charge in [0.1, 0.15) is 0 Å². The van der Waals surface area contributed by atoms with Crippen LogP contribution >= 0.6 is 0 Å². The number of hydrogen-bond donors (Lipinski definition) is 1. The van der Waals surface area contributed by atoms with Crippen LogP contribution in [0.3, 0.4) is 0 Å². The summed E-state index contributed by atoms with van der Waals surface area (Å²) >= 11 is 0. The first-order valence-electron chi connectivity index (χ1n) is 17.2. The molecule has 4 saturated carbocycles. The average molecular weight is 568 g/mol. The van der Waals surface area contributed by atoms with Gasteiger partial charge in [-0.25, -0.2) is 4.79 Å². The highest BCUT2D eigenvalue weighted by molar-refractivity contribution is 5.78. The van der Waals surface area contributed by atoms with Crippen molar-refractivity contribution >= 4 is 11.9 Å². The van der Waals surface area contributed by atoms with Crippen LogP contribution in [0, 0.1) is 46.3 Å². The Hall–Kier alpha value is -1.56. The van der Waals surface area contributed by atoms with Gasteiger partial charge in [-0.15, -0.1) is 0 Å². The van der Waals surface area contributed by atoms with Gasteiger partial charge in [0.15, 0.2) is 0 Å². The fraction of sp³-hybridized carbons (Fsp3) is 0.886. The average Bonchev–Trinajstić information content (AvgIpc) is 3.69. The third kappa shape index (κ3) is 5.38. The lowest BCUT2D eigenvalue weighted by molar-refractivity contribution is -0.135. The van der Waals surface area contributed by atoms with Crippen molar-refractivity contribution in [1.29, 1.82) is 0 Å².